The van der Waals surface area contributed by atoms with E-state index in [2.05, 4.69) is 10.0 Å². The van der Waals surface area contributed by atoms with Gasteiger partial charge in [0.2, 0.25) is 0 Å². The van der Waals surface area contributed by atoms with Crippen molar-refractivity contribution >= 4 is 27.1 Å². The van der Waals surface area contributed by atoms with E-state index in [0.29, 0.717) is 22.9 Å². The van der Waals surface area contributed by atoms with Crippen molar-refractivity contribution in [2.75, 3.05) is 24.3 Å². The van der Waals surface area contributed by atoms with E-state index in [0.717, 1.165) is 11.3 Å². The minimum absolute atomic E-state index is 0.0790. The summed E-state index contributed by atoms with van der Waals surface area (Å²) in [4.78, 5) is 0.0790. The third-order valence-electron chi connectivity index (χ3n) is 4.17. The summed E-state index contributed by atoms with van der Waals surface area (Å²) >= 11 is 0. The predicted octanol–water partition coefficient (Wildman–Crippen LogP) is 4.56. The lowest BCUT2D eigenvalue weighted by Crippen LogP contribution is -2.14. The summed E-state index contributed by atoms with van der Waals surface area (Å²) in [6.07, 6.45) is 0. The van der Waals surface area contributed by atoms with Gasteiger partial charge >= 0.3 is 0 Å². The zero-order valence-electron chi connectivity index (χ0n) is 15.9. The van der Waals surface area contributed by atoms with Crippen LogP contribution in [-0.2, 0) is 10.0 Å². The topological polar surface area (TPSA) is 76.7 Å². The van der Waals surface area contributed by atoms with Crippen molar-refractivity contribution in [2.24, 2.45) is 0 Å². The Morgan fingerprint density at radius 3 is 2.07 bits per heavy atom. The van der Waals surface area contributed by atoms with Crippen LogP contribution in [0.3, 0.4) is 0 Å². The average molecular weight is 398 g/mol. The highest BCUT2D eigenvalue weighted by molar-refractivity contribution is 7.92. The maximum atomic E-state index is 12.9. The molecule has 0 bridgehead atoms. The summed E-state index contributed by atoms with van der Waals surface area (Å²) in [7, 11) is -0.860. The largest absolute Gasteiger partial charge is 0.493 e. The van der Waals surface area contributed by atoms with Crippen LogP contribution in [0.25, 0.3) is 0 Å². The Labute approximate surface area is 165 Å². The molecule has 0 fully saturated rings. The van der Waals surface area contributed by atoms with Gasteiger partial charge in [-0.05, 0) is 43.3 Å². The van der Waals surface area contributed by atoms with Crippen molar-refractivity contribution in [1.29, 1.82) is 0 Å². The molecule has 7 heteroatoms. The molecule has 28 heavy (non-hydrogen) atoms. The molecule has 0 saturated carbocycles. The van der Waals surface area contributed by atoms with Gasteiger partial charge in [0.05, 0.1) is 30.5 Å². The number of methoxy groups -OCH3 is 2. The number of hydrogen-bond acceptors (Lipinski definition) is 5. The average Bonchev–Trinajstić information content (AvgIpc) is 2.70. The van der Waals surface area contributed by atoms with Crippen molar-refractivity contribution in [3.63, 3.8) is 0 Å². The summed E-state index contributed by atoms with van der Waals surface area (Å²) in [6.45, 7) is 2.01. The van der Waals surface area contributed by atoms with Crippen LogP contribution in [0.1, 0.15) is 5.56 Å². The fourth-order valence-electron chi connectivity index (χ4n) is 2.66. The van der Waals surface area contributed by atoms with Gasteiger partial charge in [-0.2, -0.15) is 0 Å². The number of nitrogens with one attached hydrogen (secondary N) is 2. The zero-order valence-corrected chi connectivity index (χ0v) is 16.7. The molecule has 0 saturated heterocycles. The van der Waals surface area contributed by atoms with Crippen molar-refractivity contribution in [2.45, 2.75) is 11.8 Å². The molecule has 0 spiro atoms. The lowest BCUT2D eigenvalue weighted by Gasteiger charge is -2.15. The Kier molecular flexibility index (Phi) is 5.75. The van der Waals surface area contributed by atoms with Gasteiger partial charge in [-0.3, -0.25) is 4.72 Å². The van der Waals surface area contributed by atoms with Crippen LogP contribution in [0.2, 0.25) is 0 Å². The number of hydrogen-bond donors (Lipinski definition) is 2. The second-order valence-electron chi connectivity index (χ2n) is 6.16. The Balaban J connectivity index is 1.89. The van der Waals surface area contributed by atoms with Gasteiger partial charge < -0.3 is 14.8 Å². The first-order valence-corrected chi connectivity index (χ1v) is 10.1. The first-order valence-electron chi connectivity index (χ1n) is 8.60. The molecule has 3 rings (SSSR count). The van der Waals surface area contributed by atoms with Crippen LogP contribution in [0, 0.1) is 6.92 Å². The van der Waals surface area contributed by atoms with E-state index < -0.39 is 10.0 Å². The first kappa shape index (κ1) is 19.6. The second-order valence-corrected chi connectivity index (χ2v) is 7.84. The van der Waals surface area contributed by atoms with Gasteiger partial charge in [0, 0.05) is 11.8 Å². The smallest absolute Gasteiger partial charge is 0.262 e. The number of anilines is 3. The van der Waals surface area contributed by atoms with Crippen LogP contribution < -0.4 is 19.5 Å². The number of rotatable bonds is 7. The number of sulfonamides is 1. The molecule has 146 valence electrons. The normalized spacial score (nSPS) is 11.0. The maximum absolute atomic E-state index is 12.9. The Hall–Kier alpha value is -3.19. The van der Waals surface area contributed by atoms with Gasteiger partial charge in [-0.15, -0.1) is 0 Å². The standard InChI is InChI=1S/C21H22N2O4S/c1-15-8-10-16(11-9-15)22-18-6-4-5-7-19(18)23-28(24,25)17-12-13-20(26-2)21(14-17)27-3/h4-14,22-23H,1-3H3. The Morgan fingerprint density at radius 2 is 1.43 bits per heavy atom. The number of aryl methyl sites for hydroxylation is 1. The quantitative estimate of drug-likeness (QED) is 0.610. The molecule has 0 amide bonds. The highest BCUT2D eigenvalue weighted by Gasteiger charge is 2.18. The van der Waals surface area contributed by atoms with E-state index in [1.165, 1.54) is 26.4 Å². The molecule has 0 heterocycles. The van der Waals surface area contributed by atoms with Crippen molar-refractivity contribution in [1.82, 2.24) is 0 Å². The highest BCUT2D eigenvalue weighted by atomic mass is 32.2. The summed E-state index contributed by atoms with van der Waals surface area (Å²) < 4.78 is 38.8. The lowest BCUT2D eigenvalue weighted by atomic mass is 10.2. The fourth-order valence-corrected chi connectivity index (χ4v) is 3.76. The van der Waals surface area contributed by atoms with Crippen molar-refractivity contribution in [3.05, 3.63) is 72.3 Å². The van der Waals surface area contributed by atoms with E-state index in [-0.39, 0.29) is 4.90 Å². The van der Waals surface area contributed by atoms with Gasteiger partial charge in [0.25, 0.3) is 10.0 Å². The van der Waals surface area contributed by atoms with Crippen molar-refractivity contribution in [3.8, 4) is 11.5 Å². The van der Waals surface area contributed by atoms with Crippen LogP contribution in [0.15, 0.2) is 71.6 Å². The van der Waals surface area contributed by atoms with Gasteiger partial charge in [-0.25, -0.2) is 8.42 Å². The molecule has 0 unspecified atom stereocenters. The van der Waals surface area contributed by atoms with E-state index in [9.17, 15) is 8.42 Å². The summed E-state index contributed by atoms with van der Waals surface area (Å²) in [5.74, 6) is 0.805. The molecule has 3 aromatic carbocycles. The van der Waals surface area contributed by atoms with E-state index in [1.54, 1.807) is 18.2 Å². The molecule has 0 aliphatic carbocycles. The monoisotopic (exact) mass is 398 g/mol. The van der Waals surface area contributed by atoms with E-state index >= 15 is 0 Å². The Morgan fingerprint density at radius 1 is 0.786 bits per heavy atom. The molecule has 3 aromatic rings. The number of ether oxygens (including phenoxy) is 2. The first-order chi connectivity index (χ1) is 13.4. The number of benzene rings is 3. The third-order valence-corrected chi connectivity index (χ3v) is 5.53. The van der Waals surface area contributed by atoms with E-state index in [4.69, 9.17) is 9.47 Å². The van der Waals surface area contributed by atoms with Crippen LogP contribution in [-0.4, -0.2) is 22.6 Å². The molecular weight excluding hydrogens is 376 g/mol. The summed E-state index contributed by atoms with van der Waals surface area (Å²) in [5.41, 5.74) is 3.10. The Bertz CT molecular complexity index is 1060. The van der Waals surface area contributed by atoms with Gasteiger partial charge in [0.15, 0.2) is 11.5 Å². The van der Waals surface area contributed by atoms with Crippen LogP contribution >= 0.6 is 0 Å². The summed E-state index contributed by atoms with van der Waals surface area (Å²) in [6, 6.07) is 19.4. The number of para-hydroxylation sites is 2. The summed E-state index contributed by atoms with van der Waals surface area (Å²) in [5, 5.41) is 3.24. The fraction of sp³-hybridized carbons (Fsp3) is 0.143. The molecule has 0 aliphatic heterocycles. The van der Waals surface area contributed by atoms with Gasteiger partial charge in [0.1, 0.15) is 0 Å². The highest BCUT2D eigenvalue weighted by Crippen LogP contribution is 2.32. The molecule has 0 aromatic heterocycles. The zero-order chi connectivity index (χ0) is 20.1. The van der Waals surface area contributed by atoms with Gasteiger partial charge in [-0.1, -0.05) is 29.8 Å². The predicted molar refractivity (Wildman–Crippen MR) is 111 cm³/mol. The minimum Gasteiger partial charge on any atom is -0.493 e. The van der Waals surface area contributed by atoms with Crippen molar-refractivity contribution < 1.29 is 17.9 Å². The molecule has 0 atom stereocenters. The minimum atomic E-state index is -3.82. The SMILES string of the molecule is COc1ccc(S(=O)(=O)Nc2ccccc2Nc2ccc(C)cc2)cc1OC. The van der Waals surface area contributed by atoms with E-state index in [1.807, 2.05) is 43.3 Å². The molecule has 2 N–H and O–H groups in total. The van der Waals surface area contributed by atoms with Crippen LogP contribution in [0.4, 0.5) is 17.1 Å². The third kappa shape index (κ3) is 4.37. The van der Waals surface area contributed by atoms with Crippen LogP contribution in [0.5, 0.6) is 11.5 Å². The second kappa shape index (κ2) is 8.22. The molecular formula is C21H22N2O4S. The maximum Gasteiger partial charge on any atom is 0.262 e. The molecule has 0 aliphatic rings. The molecule has 0 radical (unpaired) electrons. The lowest BCUT2D eigenvalue weighted by molar-refractivity contribution is 0.354. The molecule has 6 nitrogen and oxygen atoms in total.